The van der Waals surface area contributed by atoms with Crippen molar-refractivity contribution in [3.8, 4) is 17.0 Å². The maximum absolute atomic E-state index is 13.2. The molecule has 2 amide bonds. The number of piperazine rings is 1. The van der Waals surface area contributed by atoms with Crippen LogP contribution in [-0.4, -0.2) is 66.7 Å². The molecule has 1 unspecified atom stereocenters. The van der Waals surface area contributed by atoms with E-state index in [1.54, 1.807) is 12.0 Å². The first-order valence-electron chi connectivity index (χ1n) is 11.6. The third kappa shape index (κ3) is 5.00. The van der Waals surface area contributed by atoms with Crippen molar-refractivity contribution in [2.75, 3.05) is 49.6 Å². The predicted octanol–water partition coefficient (Wildman–Crippen LogP) is 3.62. The minimum atomic E-state index is -0.309. The number of hydrogen-bond donors (Lipinski definition) is 0. The molecular formula is C26H26BrN5O3. The van der Waals surface area contributed by atoms with E-state index in [9.17, 15) is 9.59 Å². The van der Waals surface area contributed by atoms with Crippen molar-refractivity contribution in [2.24, 2.45) is 5.92 Å². The SMILES string of the molecule is COc1ccc(-c2ccc(N3CCN(C(=O)C4CC(=O)N(c5cccc(Br)c5)C4)CC3)nn2)cc1. The van der Waals surface area contributed by atoms with Gasteiger partial charge in [0.15, 0.2) is 5.82 Å². The van der Waals surface area contributed by atoms with Crippen LogP contribution in [0.1, 0.15) is 6.42 Å². The molecule has 0 aliphatic carbocycles. The van der Waals surface area contributed by atoms with Gasteiger partial charge in [0.05, 0.1) is 18.7 Å². The Labute approximate surface area is 212 Å². The van der Waals surface area contributed by atoms with E-state index < -0.39 is 0 Å². The normalized spacial score (nSPS) is 18.2. The van der Waals surface area contributed by atoms with E-state index in [0.717, 1.165) is 33.0 Å². The molecule has 1 atom stereocenters. The molecule has 1 aromatic heterocycles. The zero-order valence-corrected chi connectivity index (χ0v) is 21.0. The number of aromatic nitrogens is 2. The summed E-state index contributed by atoms with van der Waals surface area (Å²) in [6, 6.07) is 19.3. The van der Waals surface area contributed by atoms with Gasteiger partial charge in [-0.3, -0.25) is 9.59 Å². The molecular weight excluding hydrogens is 510 g/mol. The number of halogens is 1. The summed E-state index contributed by atoms with van der Waals surface area (Å²) in [7, 11) is 1.64. The van der Waals surface area contributed by atoms with E-state index in [0.29, 0.717) is 32.7 Å². The molecule has 35 heavy (non-hydrogen) atoms. The van der Waals surface area contributed by atoms with Gasteiger partial charge in [-0.1, -0.05) is 22.0 Å². The van der Waals surface area contributed by atoms with Gasteiger partial charge in [-0.25, -0.2) is 0 Å². The topological polar surface area (TPSA) is 78.9 Å². The number of carbonyl (C=O) groups is 2. The Bertz CT molecular complexity index is 1210. The molecule has 2 fully saturated rings. The molecule has 5 rings (SSSR count). The number of methoxy groups -OCH3 is 1. The van der Waals surface area contributed by atoms with Crippen LogP contribution >= 0.6 is 15.9 Å². The number of rotatable bonds is 5. The van der Waals surface area contributed by atoms with Gasteiger partial charge in [-0.05, 0) is 54.6 Å². The fraction of sp³-hybridized carbons (Fsp3) is 0.308. The van der Waals surface area contributed by atoms with Crippen molar-refractivity contribution in [2.45, 2.75) is 6.42 Å². The molecule has 0 radical (unpaired) electrons. The van der Waals surface area contributed by atoms with Crippen molar-refractivity contribution >= 4 is 39.2 Å². The first kappa shape index (κ1) is 23.3. The summed E-state index contributed by atoms with van der Waals surface area (Å²) in [5.41, 5.74) is 2.59. The average molecular weight is 536 g/mol. The Morgan fingerprint density at radius 1 is 1.00 bits per heavy atom. The third-order valence-corrected chi connectivity index (χ3v) is 7.04. The Hall–Kier alpha value is -3.46. The summed E-state index contributed by atoms with van der Waals surface area (Å²) in [6.45, 7) is 2.98. The van der Waals surface area contributed by atoms with Crippen molar-refractivity contribution in [3.63, 3.8) is 0 Å². The first-order valence-corrected chi connectivity index (χ1v) is 12.4. The lowest BCUT2D eigenvalue weighted by atomic mass is 10.1. The van der Waals surface area contributed by atoms with Crippen molar-refractivity contribution in [1.82, 2.24) is 15.1 Å². The molecule has 8 nitrogen and oxygen atoms in total. The Morgan fingerprint density at radius 3 is 2.43 bits per heavy atom. The van der Waals surface area contributed by atoms with E-state index in [-0.39, 0.29) is 24.2 Å². The van der Waals surface area contributed by atoms with Crippen LogP contribution in [0.15, 0.2) is 65.1 Å². The highest BCUT2D eigenvalue weighted by atomic mass is 79.9. The van der Waals surface area contributed by atoms with E-state index in [2.05, 4.69) is 31.0 Å². The summed E-state index contributed by atoms with van der Waals surface area (Å²) in [5, 5.41) is 8.80. The maximum atomic E-state index is 13.2. The van der Waals surface area contributed by atoms with Crippen molar-refractivity contribution in [3.05, 3.63) is 65.1 Å². The van der Waals surface area contributed by atoms with Crippen LogP contribution in [0.2, 0.25) is 0 Å². The summed E-state index contributed by atoms with van der Waals surface area (Å²) < 4.78 is 6.12. The molecule has 9 heteroatoms. The van der Waals surface area contributed by atoms with Crippen LogP contribution in [0, 0.1) is 5.92 Å². The molecule has 0 saturated carbocycles. The summed E-state index contributed by atoms with van der Waals surface area (Å²) in [4.78, 5) is 31.5. The molecule has 0 N–H and O–H groups in total. The van der Waals surface area contributed by atoms with Gasteiger partial charge in [0.25, 0.3) is 0 Å². The Balaban J connectivity index is 1.17. The van der Waals surface area contributed by atoms with Gasteiger partial charge >= 0.3 is 0 Å². The molecule has 2 aliphatic heterocycles. The minimum Gasteiger partial charge on any atom is -0.497 e. The van der Waals surface area contributed by atoms with Crippen molar-refractivity contribution in [1.29, 1.82) is 0 Å². The fourth-order valence-corrected chi connectivity index (χ4v) is 4.98. The number of anilines is 2. The molecule has 3 aromatic rings. The van der Waals surface area contributed by atoms with E-state index >= 15 is 0 Å². The summed E-state index contributed by atoms with van der Waals surface area (Å²) in [5.74, 6) is 1.33. The van der Waals surface area contributed by atoms with Crippen molar-refractivity contribution < 1.29 is 14.3 Å². The molecule has 180 valence electrons. The van der Waals surface area contributed by atoms with Gasteiger partial charge in [-0.15, -0.1) is 10.2 Å². The third-order valence-electron chi connectivity index (χ3n) is 6.55. The number of hydrogen-bond acceptors (Lipinski definition) is 6. The Morgan fingerprint density at radius 2 is 1.77 bits per heavy atom. The number of benzene rings is 2. The second-order valence-electron chi connectivity index (χ2n) is 8.70. The lowest BCUT2D eigenvalue weighted by Crippen LogP contribution is -2.51. The highest BCUT2D eigenvalue weighted by Crippen LogP contribution is 2.29. The van der Waals surface area contributed by atoms with Gasteiger partial charge in [0, 0.05) is 54.9 Å². The fourth-order valence-electron chi connectivity index (χ4n) is 4.59. The number of carbonyl (C=O) groups excluding carboxylic acids is 2. The first-order chi connectivity index (χ1) is 17.0. The summed E-state index contributed by atoms with van der Waals surface area (Å²) >= 11 is 3.45. The minimum absolute atomic E-state index is 0.00712. The smallest absolute Gasteiger partial charge is 0.228 e. The monoisotopic (exact) mass is 535 g/mol. The molecule has 3 heterocycles. The summed E-state index contributed by atoms with van der Waals surface area (Å²) in [6.07, 6.45) is 0.254. The molecule has 0 spiro atoms. The van der Waals surface area contributed by atoms with Gasteiger partial charge in [0.2, 0.25) is 11.8 Å². The number of nitrogens with zero attached hydrogens (tertiary/aromatic N) is 5. The van der Waals surface area contributed by atoms with Crippen LogP contribution in [0.3, 0.4) is 0 Å². The van der Waals surface area contributed by atoms with Crippen LogP contribution in [0.5, 0.6) is 5.75 Å². The molecule has 2 aliphatic rings. The zero-order valence-electron chi connectivity index (χ0n) is 19.4. The Kier molecular flexibility index (Phi) is 6.68. The van der Waals surface area contributed by atoms with Crippen LogP contribution in [-0.2, 0) is 9.59 Å². The van der Waals surface area contributed by atoms with Gasteiger partial charge in [0.1, 0.15) is 5.75 Å². The molecule has 2 aromatic carbocycles. The van der Waals surface area contributed by atoms with Crippen LogP contribution in [0.4, 0.5) is 11.5 Å². The van der Waals surface area contributed by atoms with Crippen LogP contribution in [0.25, 0.3) is 11.3 Å². The maximum Gasteiger partial charge on any atom is 0.228 e. The quantitative estimate of drug-likeness (QED) is 0.496. The van der Waals surface area contributed by atoms with E-state index in [1.807, 2.05) is 65.6 Å². The highest BCUT2D eigenvalue weighted by molar-refractivity contribution is 9.10. The molecule has 0 bridgehead atoms. The lowest BCUT2D eigenvalue weighted by Gasteiger charge is -2.36. The second kappa shape index (κ2) is 10.0. The number of ether oxygens (including phenoxy) is 1. The average Bonchev–Trinajstić information content (AvgIpc) is 3.30. The molecule has 2 saturated heterocycles. The highest BCUT2D eigenvalue weighted by Gasteiger charge is 2.38. The standard InChI is InChI=1S/C26H26BrN5O3/c1-35-22-7-5-18(6-8-22)23-9-10-24(29-28-23)30-11-13-31(14-12-30)26(34)19-15-25(33)32(17-19)21-4-2-3-20(27)16-21/h2-10,16,19H,11-15,17H2,1H3. The zero-order chi connectivity index (χ0) is 24.4. The predicted molar refractivity (Wildman–Crippen MR) is 137 cm³/mol. The van der Waals surface area contributed by atoms with Gasteiger partial charge < -0.3 is 19.4 Å². The van der Waals surface area contributed by atoms with Crippen LogP contribution < -0.4 is 14.5 Å². The number of amides is 2. The largest absolute Gasteiger partial charge is 0.497 e. The van der Waals surface area contributed by atoms with E-state index in [4.69, 9.17) is 4.74 Å². The lowest BCUT2D eigenvalue weighted by molar-refractivity contribution is -0.136. The van der Waals surface area contributed by atoms with E-state index in [1.165, 1.54) is 0 Å². The van der Waals surface area contributed by atoms with Gasteiger partial charge in [-0.2, -0.15) is 0 Å². The second-order valence-corrected chi connectivity index (χ2v) is 9.62.